The molecular formula is C12H26O2. The highest BCUT2D eigenvalue weighted by Crippen LogP contribution is 2.15. The van der Waals surface area contributed by atoms with Crippen molar-refractivity contribution >= 4 is 0 Å². The van der Waals surface area contributed by atoms with Crippen molar-refractivity contribution in [1.82, 2.24) is 0 Å². The highest BCUT2D eigenvalue weighted by molar-refractivity contribution is 4.61. The maximum Gasteiger partial charge on any atom is 0.0563 e. The average molecular weight is 202 g/mol. The fourth-order valence-corrected chi connectivity index (χ4v) is 1.54. The van der Waals surface area contributed by atoms with Gasteiger partial charge < -0.3 is 10.2 Å². The van der Waals surface area contributed by atoms with E-state index in [-0.39, 0.29) is 6.10 Å². The van der Waals surface area contributed by atoms with Crippen molar-refractivity contribution in [1.29, 1.82) is 0 Å². The molecule has 2 unspecified atom stereocenters. The third-order valence-corrected chi connectivity index (χ3v) is 2.97. The van der Waals surface area contributed by atoms with Crippen LogP contribution in [0.5, 0.6) is 0 Å². The summed E-state index contributed by atoms with van der Waals surface area (Å²) in [7, 11) is 0. The summed E-state index contributed by atoms with van der Waals surface area (Å²) in [5, 5.41) is 18.5. The third-order valence-electron chi connectivity index (χ3n) is 2.97. The van der Waals surface area contributed by atoms with Gasteiger partial charge in [-0.1, -0.05) is 40.0 Å². The van der Waals surface area contributed by atoms with Crippen LogP contribution < -0.4 is 0 Å². The largest absolute Gasteiger partial charge is 0.396 e. The van der Waals surface area contributed by atoms with E-state index >= 15 is 0 Å². The topological polar surface area (TPSA) is 40.5 Å². The van der Waals surface area contributed by atoms with E-state index in [0.29, 0.717) is 18.4 Å². The highest BCUT2D eigenvalue weighted by Gasteiger charge is 2.09. The summed E-state index contributed by atoms with van der Waals surface area (Å²) >= 11 is 0. The lowest BCUT2D eigenvalue weighted by molar-refractivity contribution is 0.112. The second-order valence-electron chi connectivity index (χ2n) is 4.55. The second kappa shape index (κ2) is 8.25. The van der Waals surface area contributed by atoms with Crippen LogP contribution in [0.3, 0.4) is 0 Å². The fourth-order valence-electron chi connectivity index (χ4n) is 1.54. The van der Waals surface area contributed by atoms with Crippen LogP contribution >= 0.6 is 0 Å². The number of hydrogen-bond donors (Lipinski definition) is 2. The van der Waals surface area contributed by atoms with Gasteiger partial charge in [0, 0.05) is 6.61 Å². The van der Waals surface area contributed by atoms with Crippen molar-refractivity contribution in [2.24, 2.45) is 11.8 Å². The molecule has 0 aromatic carbocycles. The zero-order chi connectivity index (χ0) is 11.0. The molecule has 0 fully saturated rings. The molecule has 2 nitrogen and oxygen atoms in total. The van der Waals surface area contributed by atoms with Crippen molar-refractivity contribution in [3.05, 3.63) is 0 Å². The molecule has 0 aliphatic rings. The minimum atomic E-state index is -0.149. The number of hydrogen-bond acceptors (Lipinski definition) is 2. The molecule has 0 heterocycles. The van der Waals surface area contributed by atoms with Crippen molar-refractivity contribution in [3.8, 4) is 0 Å². The van der Waals surface area contributed by atoms with Gasteiger partial charge in [0.1, 0.15) is 0 Å². The Morgan fingerprint density at radius 3 is 2.07 bits per heavy atom. The van der Waals surface area contributed by atoms with Crippen molar-refractivity contribution in [2.45, 2.75) is 59.0 Å². The summed E-state index contributed by atoms with van der Waals surface area (Å²) in [5.41, 5.74) is 0. The first-order valence-corrected chi connectivity index (χ1v) is 5.90. The van der Waals surface area contributed by atoms with Gasteiger partial charge in [0.05, 0.1) is 6.10 Å². The molecule has 14 heavy (non-hydrogen) atoms. The predicted octanol–water partition coefficient (Wildman–Crippen LogP) is 2.58. The van der Waals surface area contributed by atoms with Crippen LogP contribution in [0.15, 0.2) is 0 Å². The van der Waals surface area contributed by atoms with Gasteiger partial charge in [-0.15, -0.1) is 0 Å². The standard InChI is InChI=1S/C12H26O2/c1-4-11(9-13)7-5-6-8-12(14)10(2)3/h10-14H,4-9H2,1-3H3. The molecule has 0 amide bonds. The summed E-state index contributed by atoms with van der Waals surface area (Å²) in [5.74, 6) is 0.834. The lowest BCUT2D eigenvalue weighted by Gasteiger charge is -2.15. The van der Waals surface area contributed by atoms with Crippen LogP contribution in [-0.4, -0.2) is 22.9 Å². The molecule has 0 aliphatic heterocycles. The zero-order valence-corrected chi connectivity index (χ0v) is 9.87. The Bertz CT molecular complexity index is 115. The molecule has 0 aromatic rings. The van der Waals surface area contributed by atoms with Crippen LogP contribution in [0.4, 0.5) is 0 Å². The zero-order valence-electron chi connectivity index (χ0n) is 9.87. The van der Waals surface area contributed by atoms with E-state index in [1.165, 1.54) is 0 Å². The summed E-state index contributed by atoms with van der Waals surface area (Å²) in [6, 6.07) is 0. The summed E-state index contributed by atoms with van der Waals surface area (Å²) < 4.78 is 0. The minimum absolute atomic E-state index is 0.149. The van der Waals surface area contributed by atoms with Crippen LogP contribution in [0.2, 0.25) is 0 Å². The molecule has 0 bridgehead atoms. The summed E-state index contributed by atoms with van der Waals surface area (Å²) in [4.78, 5) is 0. The Morgan fingerprint density at radius 1 is 1.07 bits per heavy atom. The van der Waals surface area contributed by atoms with Gasteiger partial charge in [0.25, 0.3) is 0 Å². The molecule has 0 aliphatic carbocycles. The maximum absolute atomic E-state index is 9.56. The van der Waals surface area contributed by atoms with E-state index in [0.717, 1.165) is 32.1 Å². The number of aliphatic hydroxyl groups is 2. The monoisotopic (exact) mass is 202 g/mol. The molecule has 0 aromatic heterocycles. The Hall–Kier alpha value is -0.0800. The van der Waals surface area contributed by atoms with Crippen molar-refractivity contribution in [2.75, 3.05) is 6.61 Å². The Balaban J connectivity index is 3.36. The summed E-state index contributed by atoms with van der Waals surface area (Å²) in [6.07, 6.45) is 5.11. The van der Waals surface area contributed by atoms with Gasteiger partial charge in [0.2, 0.25) is 0 Å². The van der Waals surface area contributed by atoms with Gasteiger partial charge in [-0.3, -0.25) is 0 Å². The normalized spacial score (nSPS) is 15.9. The molecule has 0 saturated carbocycles. The van der Waals surface area contributed by atoms with E-state index in [1.54, 1.807) is 0 Å². The number of rotatable bonds is 8. The first-order chi connectivity index (χ1) is 6.61. The molecule has 0 rings (SSSR count). The van der Waals surface area contributed by atoms with Gasteiger partial charge in [0.15, 0.2) is 0 Å². The van der Waals surface area contributed by atoms with E-state index in [9.17, 15) is 5.11 Å². The Labute approximate surface area is 88.3 Å². The molecule has 0 radical (unpaired) electrons. The molecular weight excluding hydrogens is 176 g/mol. The quantitative estimate of drug-likeness (QED) is 0.594. The van der Waals surface area contributed by atoms with E-state index in [1.807, 2.05) is 13.8 Å². The Morgan fingerprint density at radius 2 is 1.64 bits per heavy atom. The smallest absolute Gasteiger partial charge is 0.0563 e. The Kier molecular flexibility index (Phi) is 8.20. The van der Waals surface area contributed by atoms with Crippen LogP contribution in [0, 0.1) is 11.8 Å². The van der Waals surface area contributed by atoms with Crippen molar-refractivity contribution < 1.29 is 10.2 Å². The van der Waals surface area contributed by atoms with E-state index in [4.69, 9.17) is 5.11 Å². The fraction of sp³-hybridized carbons (Fsp3) is 1.00. The predicted molar refractivity (Wildman–Crippen MR) is 60.2 cm³/mol. The summed E-state index contributed by atoms with van der Waals surface area (Å²) in [6.45, 7) is 6.52. The average Bonchev–Trinajstić information content (AvgIpc) is 2.17. The van der Waals surface area contributed by atoms with Gasteiger partial charge >= 0.3 is 0 Å². The van der Waals surface area contributed by atoms with E-state index in [2.05, 4.69) is 6.92 Å². The minimum Gasteiger partial charge on any atom is -0.396 e. The molecule has 86 valence electrons. The molecule has 2 atom stereocenters. The van der Waals surface area contributed by atoms with Crippen LogP contribution in [-0.2, 0) is 0 Å². The maximum atomic E-state index is 9.56. The molecule has 0 spiro atoms. The molecule has 2 N–H and O–H groups in total. The first kappa shape index (κ1) is 13.9. The number of aliphatic hydroxyl groups excluding tert-OH is 2. The number of unbranched alkanes of at least 4 members (excludes halogenated alkanes) is 1. The van der Waals surface area contributed by atoms with Crippen LogP contribution in [0.1, 0.15) is 52.9 Å². The van der Waals surface area contributed by atoms with Gasteiger partial charge in [-0.25, -0.2) is 0 Å². The lowest BCUT2D eigenvalue weighted by Crippen LogP contribution is -2.14. The van der Waals surface area contributed by atoms with Gasteiger partial charge in [-0.2, -0.15) is 0 Å². The SMILES string of the molecule is CCC(CO)CCCCC(O)C(C)C. The van der Waals surface area contributed by atoms with Crippen molar-refractivity contribution in [3.63, 3.8) is 0 Å². The highest BCUT2D eigenvalue weighted by atomic mass is 16.3. The molecule has 2 heteroatoms. The molecule has 0 saturated heterocycles. The van der Waals surface area contributed by atoms with Crippen LogP contribution in [0.25, 0.3) is 0 Å². The first-order valence-electron chi connectivity index (χ1n) is 5.90. The second-order valence-corrected chi connectivity index (χ2v) is 4.55. The lowest BCUT2D eigenvalue weighted by atomic mass is 9.96. The van der Waals surface area contributed by atoms with Gasteiger partial charge in [-0.05, 0) is 24.7 Å². The van der Waals surface area contributed by atoms with E-state index < -0.39 is 0 Å². The third kappa shape index (κ3) is 6.39.